The van der Waals surface area contributed by atoms with E-state index in [9.17, 15) is 29.3 Å². The van der Waals surface area contributed by atoms with Gasteiger partial charge in [0, 0.05) is 11.6 Å². The first-order valence-electron chi connectivity index (χ1n) is 8.17. The van der Waals surface area contributed by atoms with Gasteiger partial charge in [0.1, 0.15) is 12.1 Å². The van der Waals surface area contributed by atoms with Crippen LogP contribution in [0, 0.1) is 10.1 Å². The molecular formula is C17H19N3O7. The summed E-state index contributed by atoms with van der Waals surface area (Å²) in [6.45, 7) is 4.18. The normalized spacial score (nSPS) is 13.4. The fraction of sp³-hybridized carbons (Fsp3) is 0.412. The van der Waals surface area contributed by atoms with E-state index in [2.05, 4.69) is 5.32 Å². The molecule has 0 aliphatic carbocycles. The third-order valence-electron chi connectivity index (χ3n) is 4.19. The lowest BCUT2D eigenvalue weighted by Gasteiger charge is -2.24. The molecule has 1 aromatic carbocycles. The van der Waals surface area contributed by atoms with Gasteiger partial charge in [0.15, 0.2) is 6.61 Å². The number of nitro groups is 1. The van der Waals surface area contributed by atoms with E-state index in [0.29, 0.717) is 11.3 Å². The Morgan fingerprint density at radius 2 is 1.93 bits per heavy atom. The van der Waals surface area contributed by atoms with Crippen molar-refractivity contribution in [1.82, 2.24) is 10.2 Å². The SMILES string of the molecule is CCC(C)(C)NC(=O)COC(=O)CN1C(=O)c2cccc([N+](=O)[O-])c2C1=O. The number of carbonyl (C=O) groups is 4. The summed E-state index contributed by atoms with van der Waals surface area (Å²) in [5, 5.41) is 13.7. The van der Waals surface area contributed by atoms with E-state index < -0.39 is 53.0 Å². The molecule has 0 atom stereocenters. The molecule has 0 spiro atoms. The molecule has 1 heterocycles. The van der Waals surface area contributed by atoms with Crippen molar-refractivity contribution in [3.05, 3.63) is 39.4 Å². The zero-order chi connectivity index (χ0) is 20.4. The Morgan fingerprint density at radius 3 is 2.52 bits per heavy atom. The second-order valence-corrected chi connectivity index (χ2v) is 6.60. The Balaban J connectivity index is 2.02. The number of hydrogen-bond donors (Lipinski definition) is 1. The molecule has 2 rings (SSSR count). The summed E-state index contributed by atoms with van der Waals surface area (Å²) >= 11 is 0. The van der Waals surface area contributed by atoms with Crippen molar-refractivity contribution in [2.45, 2.75) is 32.7 Å². The summed E-state index contributed by atoms with van der Waals surface area (Å²) in [4.78, 5) is 59.2. The van der Waals surface area contributed by atoms with Crippen molar-refractivity contribution in [3.63, 3.8) is 0 Å². The fourth-order valence-electron chi connectivity index (χ4n) is 2.43. The van der Waals surface area contributed by atoms with Gasteiger partial charge in [-0.05, 0) is 26.3 Å². The quantitative estimate of drug-likeness (QED) is 0.324. The van der Waals surface area contributed by atoms with Gasteiger partial charge in [-0.2, -0.15) is 0 Å². The maximum absolute atomic E-state index is 12.3. The van der Waals surface area contributed by atoms with Gasteiger partial charge in [0.2, 0.25) is 0 Å². The number of nitro benzene ring substituents is 1. The number of hydrogen-bond acceptors (Lipinski definition) is 7. The smallest absolute Gasteiger partial charge is 0.326 e. The minimum Gasteiger partial charge on any atom is -0.454 e. The van der Waals surface area contributed by atoms with E-state index in [1.807, 2.05) is 6.92 Å². The summed E-state index contributed by atoms with van der Waals surface area (Å²) in [5.41, 5.74) is -1.49. The minimum absolute atomic E-state index is 0.149. The van der Waals surface area contributed by atoms with Crippen molar-refractivity contribution in [1.29, 1.82) is 0 Å². The van der Waals surface area contributed by atoms with Gasteiger partial charge in [-0.25, -0.2) is 0 Å². The molecule has 1 aliphatic heterocycles. The van der Waals surface area contributed by atoms with Crippen LogP contribution in [-0.2, 0) is 14.3 Å². The Hall–Kier alpha value is -3.30. The van der Waals surface area contributed by atoms with Crippen LogP contribution < -0.4 is 5.32 Å². The largest absolute Gasteiger partial charge is 0.454 e. The maximum Gasteiger partial charge on any atom is 0.326 e. The summed E-state index contributed by atoms with van der Waals surface area (Å²) in [6, 6.07) is 3.66. The Bertz CT molecular complexity index is 832. The van der Waals surface area contributed by atoms with Crippen LogP contribution in [-0.4, -0.2) is 52.2 Å². The molecule has 1 N–H and O–H groups in total. The lowest BCUT2D eigenvalue weighted by molar-refractivity contribution is -0.385. The van der Waals surface area contributed by atoms with E-state index in [1.165, 1.54) is 12.1 Å². The number of esters is 1. The lowest BCUT2D eigenvalue weighted by Crippen LogP contribution is -2.45. The van der Waals surface area contributed by atoms with Crippen molar-refractivity contribution in [2.24, 2.45) is 0 Å². The highest BCUT2D eigenvalue weighted by Gasteiger charge is 2.42. The molecule has 10 heteroatoms. The molecule has 0 unspecified atom stereocenters. The molecule has 0 bridgehead atoms. The summed E-state index contributed by atoms with van der Waals surface area (Å²) in [7, 11) is 0. The lowest BCUT2D eigenvalue weighted by atomic mass is 10.0. The van der Waals surface area contributed by atoms with E-state index in [0.717, 1.165) is 6.07 Å². The minimum atomic E-state index is -0.975. The van der Waals surface area contributed by atoms with E-state index in [4.69, 9.17) is 4.74 Å². The van der Waals surface area contributed by atoms with Gasteiger partial charge >= 0.3 is 5.97 Å². The molecule has 0 saturated carbocycles. The number of nitrogens with one attached hydrogen (secondary N) is 1. The van der Waals surface area contributed by atoms with E-state index in [-0.39, 0.29) is 11.1 Å². The topological polar surface area (TPSA) is 136 Å². The van der Waals surface area contributed by atoms with Crippen molar-refractivity contribution in [2.75, 3.05) is 13.2 Å². The van der Waals surface area contributed by atoms with Gasteiger partial charge < -0.3 is 10.1 Å². The molecule has 1 aliphatic rings. The number of carbonyl (C=O) groups excluding carboxylic acids is 4. The predicted octanol–water partition coefficient (Wildman–Crippen LogP) is 1.04. The zero-order valence-electron chi connectivity index (χ0n) is 15.1. The second-order valence-electron chi connectivity index (χ2n) is 6.60. The number of rotatable bonds is 7. The van der Waals surface area contributed by atoms with Crippen LogP contribution >= 0.6 is 0 Å². The molecule has 1 aromatic rings. The first-order valence-corrected chi connectivity index (χ1v) is 8.17. The first-order chi connectivity index (χ1) is 12.6. The molecule has 144 valence electrons. The van der Waals surface area contributed by atoms with Crippen LogP contribution in [0.25, 0.3) is 0 Å². The van der Waals surface area contributed by atoms with Crippen LogP contribution in [0.3, 0.4) is 0 Å². The van der Waals surface area contributed by atoms with Crippen LogP contribution in [0.1, 0.15) is 47.9 Å². The van der Waals surface area contributed by atoms with Gasteiger partial charge in [-0.15, -0.1) is 0 Å². The number of amides is 3. The maximum atomic E-state index is 12.3. The molecule has 3 amide bonds. The Kier molecular flexibility index (Phi) is 5.58. The Morgan fingerprint density at radius 1 is 1.26 bits per heavy atom. The first kappa shape index (κ1) is 20.0. The number of benzene rings is 1. The molecule has 0 fully saturated rings. The van der Waals surface area contributed by atoms with Crippen LogP contribution in [0.2, 0.25) is 0 Å². The van der Waals surface area contributed by atoms with Crippen molar-refractivity contribution < 1.29 is 28.8 Å². The number of ether oxygens (including phenoxy) is 1. The molecule has 0 radical (unpaired) electrons. The number of imide groups is 1. The zero-order valence-corrected chi connectivity index (χ0v) is 15.1. The average molecular weight is 377 g/mol. The second kappa shape index (κ2) is 7.52. The van der Waals surface area contributed by atoms with Crippen LogP contribution in [0.5, 0.6) is 0 Å². The van der Waals surface area contributed by atoms with Gasteiger partial charge in [-0.1, -0.05) is 13.0 Å². The summed E-state index contributed by atoms with van der Waals surface area (Å²) in [5.74, 6) is -3.27. The van der Waals surface area contributed by atoms with Gasteiger partial charge in [0.25, 0.3) is 23.4 Å². The highest BCUT2D eigenvalue weighted by molar-refractivity contribution is 6.24. The third-order valence-corrected chi connectivity index (χ3v) is 4.19. The molecular weight excluding hydrogens is 358 g/mol. The fourth-order valence-corrected chi connectivity index (χ4v) is 2.43. The molecule has 27 heavy (non-hydrogen) atoms. The number of nitrogens with zero attached hydrogens (tertiary/aromatic N) is 2. The van der Waals surface area contributed by atoms with Gasteiger partial charge in [0.05, 0.1) is 10.5 Å². The summed E-state index contributed by atoms with van der Waals surface area (Å²) < 4.78 is 4.80. The molecule has 10 nitrogen and oxygen atoms in total. The molecule has 0 aromatic heterocycles. The van der Waals surface area contributed by atoms with E-state index >= 15 is 0 Å². The number of fused-ring (bicyclic) bond motifs is 1. The third kappa shape index (κ3) is 4.27. The van der Waals surface area contributed by atoms with Crippen LogP contribution in [0.4, 0.5) is 5.69 Å². The Labute approximate surface area is 154 Å². The van der Waals surface area contributed by atoms with E-state index in [1.54, 1.807) is 13.8 Å². The highest BCUT2D eigenvalue weighted by Crippen LogP contribution is 2.30. The highest BCUT2D eigenvalue weighted by atomic mass is 16.6. The predicted molar refractivity (Wildman–Crippen MR) is 91.9 cm³/mol. The van der Waals surface area contributed by atoms with Gasteiger partial charge in [-0.3, -0.25) is 34.2 Å². The van der Waals surface area contributed by atoms with Crippen molar-refractivity contribution in [3.8, 4) is 0 Å². The van der Waals surface area contributed by atoms with Crippen molar-refractivity contribution >= 4 is 29.4 Å². The standard InChI is InChI=1S/C17H19N3O7/c1-4-17(2,3)18-12(21)9-27-13(22)8-19-15(23)10-6-5-7-11(20(25)26)14(10)16(19)24/h5-7H,4,8-9H2,1-3H3,(H,18,21). The molecule has 0 saturated heterocycles. The van der Waals surface area contributed by atoms with Crippen LogP contribution in [0.15, 0.2) is 18.2 Å². The monoisotopic (exact) mass is 377 g/mol. The summed E-state index contributed by atoms with van der Waals surface area (Å²) in [6.07, 6.45) is 0.667. The average Bonchev–Trinajstić information content (AvgIpc) is 2.84.